The van der Waals surface area contributed by atoms with Crippen LogP contribution in [-0.2, 0) is 14.3 Å². The van der Waals surface area contributed by atoms with Gasteiger partial charge in [-0.1, -0.05) is 17.7 Å². The molecule has 5 nitrogen and oxygen atoms in total. The molecule has 20 heavy (non-hydrogen) atoms. The molecule has 0 bridgehead atoms. The zero-order valence-corrected chi connectivity index (χ0v) is 12.6. The van der Waals surface area contributed by atoms with E-state index in [1.165, 1.54) is 12.0 Å². The summed E-state index contributed by atoms with van der Waals surface area (Å²) >= 11 is 5.98. The van der Waals surface area contributed by atoms with Gasteiger partial charge in [0.05, 0.1) is 12.1 Å². The minimum atomic E-state index is -0.464. The first-order chi connectivity index (χ1) is 9.47. The van der Waals surface area contributed by atoms with E-state index in [-0.39, 0.29) is 19.1 Å². The van der Waals surface area contributed by atoms with E-state index in [1.54, 1.807) is 19.1 Å². The number of nitrogens with zero attached hydrogens (tertiary/aromatic N) is 1. The van der Waals surface area contributed by atoms with E-state index in [0.717, 1.165) is 5.56 Å². The van der Waals surface area contributed by atoms with Gasteiger partial charge >= 0.3 is 5.97 Å². The van der Waals surface area contributed by atoms with Crippen LogP contribution in [0.2, 0.25) is 5.02 Å². The molecule has 0 unspecified atom stereocenters. The fraction of sp³-hybridized carbons (Fsp3) is 0.429. The largest absolute Gasteiger partial charge is 0.482 e. The summed E-state index contributed by atoms with van der Waals surface area (Å²) in [4.78, 5) is 24.5. The second-order valence-electron chi connectivity index (χ2n) is 4.21. The van der Waals surface area contributed by atoms with Crippen molar-refractivity contribution in [1.29, 1.82) is 0 Å². The van der Waals surface area contributed by atoms with Gasteiger partial charge in [0.15, 0.2) is 6.61 Å². The maximum atomic E-state index is 11.9. The van der Waals surface area contributed by atoms with Crippen molar-refractivity contribution in [2.75, 3.05) is 26.8 Å². The van der Waals surface area contributed by atoms with Crippen molar-refractivity contribution in [3.05, 3.63) is 28.8 Å². The third-order valence-corrected chi connectivity index (χ3v) is 3.03. The van der Waals surface area contributed by atoms with Crippen LogP contribution in [0.1, 0.15) is 12.5 Å². The normalized spacial score (nSPS) is 10.0. The summed E-state index contributed by atoms with van der Waals surface area (Å²) in [5.41, 5.74) is 0.985. The van der Waals surface area contributed by atoms with Crippen molar-refractivity contribution in [3.8, 4) is 5.75 Å². The molecule has 0 aliphatic carbocycles. The highest BCUT2D eigenvalue weighted by Crippen LogP contribution is 2.25. The Kier molecular flexibility index (Phi) is 6.31. The monoisotopic (exact) mass is 299 g/mol. The average Bonchev–Trinajstić information content (AvgIpc) is 2.44. The number of hydrogen-bond donors (Lipinski definition) is 0. The molecular weight excluding hydrogens is 282 g/mol. The topological polar surface area (TPSA) is 55.8 Å². The van der Waals surface area contributed by atoms with Crippen LogP contribution in [0.3, 0.4) is 0 Å². The van der Waals surface area contributed by atoms with Crippen molar-refractivity contribution in [2.45, 2.75) is 13.8 Å². The smallest absolute Gasteiger partial charge is 0.325 e. The first-order valence-corrected chi connectivity index (χ1v) is 6.59. The molecule has 110 valence electrons. The van der Waals surface area contributed by atoms with Crippen molar-refractivity contribution in [2.24, 2.45) is 0 Å². The number of halogens is 1. The predicted octanol–water partition coefficient (Wildman–Crippen LogP) is 2.05. The summed E-state index contributed by atoms with van der Waals surface area (Å²) < 4.78 is 9.94. The third-order valence-electron chi connectivity index (χ3n) is 2.72. The highest BCUT2D eigenvalue weighted by atomic mass is 35.5. The zero-order valence-electron chi connectivity index (χ0n) is 11.8. The van der Waals surface area contributed by atoms with Crippen LogP contribution in [0.15, 0.2) is 18.2 Å². The van der Waals surface area contributed by atoms with Crippen LogP contribution >= 0.6 is 11.6 Å². The van der Waals surface area contributed by atoms with Crippen molar-refractivity contribution < 1.29 is 19.1 Å². The van der Waals surface area contributed by atoms with E-state index >= 15 is 0 Å². The lowest BCUT2D eigenvalue weighted by atomic mass is 10.2. The molecule has 0 fully saturated rings. The van der Waals surface area contributed by atoms with Crippen LogP contribution in [0, 0.1) is 6.92 Å². The van der Waals surface area contributed by atoms with Gasteiger partial charge in [-0.05, 0) is 31.5 Å². The first-order valence-electron chi connectivity index (χ1n) is 6.21. The maximum Gasteiger partial charge on any atom is 0.325 e. The number of esters is 1. The van der Waals surface area contributed by atoms with Gasteiger partial charge in [-0.25, -0.2) is 0 Å². The van der Waals surface area contributed by atoms with E-state index in [4.69, 9.17) is 16.3 Å². The van der Waals surface area contributed by atoms with Crippen LogP contribution < -0.4 is 4.74 Å². The van der Waals surface area contributed by atoms with Gasteiger partial charge in [-0.3, -0.25) is 9.59 Å². The minimum Gasteiger partial charge on any atom is -0.482 e. The Morgan fingerprint density at radius 2 is 2.05 bits per heavy atom. The first kappa shape index (κ1) is 16.3. The van der Waals surface area contributed by atoms with Crippen molar-refractivity contribution >= 4 is 23.5 Å². The number of aryl methyl sites for hydroxylation is 1. The van der Waals surface area contributed by atoms with Gasteiger partial charge in [-0.2, -0.15) is 0 Å². The van der Waals surface area contributed by atoms with Gasteiger partial charge < -0.3 is 14.4 Å². The number of carbonyl (C=O) groups excluding carboxylic acids is 2. The van der Waals surface area contributed by atoms with Crippen LogP contribution in [0.25, 0.3) is 0 Å². The summed E-state index contributed by atoms with van der Waals surface area (Å²) in [7, 11) is 1.28. The number of carbonyl (C=O) groups is 2. The lowest BCUT2D eigenvalue weighted by molar-refractivity contribution is -0.147. The molecule has 1 aromatic rings. The summed E-state index contributed by atoms with van der Waals surface area (Å²) in [6, 6.07) is 5.32. The van der Waals surface area contributed by atoms with Gasteiger partial charge in [0.25, 0.3) is 5.91 Å². The molecule has 0 aromatic heterocycles. The zero-order chi connectivity index (χ0) is 15.1. The van der Waals surface area contributed by atoms with E-state index in [1.807, 2.05) is 13.0 Å². The molecule has 0 aliphatic heterocycles. The molecule has 6 heteroatoms. The Morgan fingerprint density at radius 3 is 2.65 bits per heavy atom. The Bertz CT molecular complexity index is 490. The lowest BCUT2D eigenvalue weighted by Gasteiger charge is -2.19. The molecule has 0 spiro atoms. The standard InChI is InChI=1S/C14H18ClNO4/c1-4-16(8-14(18)19-3)13(17)9-20-12-7-10(2)5-6-11(12)15/h5-7H,4,8-9H2,1-3H3. The fourth-order valence-corrected chi connectivity index (χ4v) is 1.72. The van der Waals surface area contributed by atoms with Crippen LogP contribution in [0.4, 0.5) is 0 Å². The molecule has 0 atom stereocenters. The summed E-state index contributed by atoms with van der Waals surface area (Å²) in [5, 5.41) is 0.444. The van der Waals surface area contributed by atoms with Crippen molar-refractivity contribution in [3.63, 3.8) is 0 Å². The molecule has 0 heterocycles. The maximum absolute atomic E-state index is 11.9. The summed E-state index contributed by atoms with van der Waals surface area (Å²) in [6.45, 7) is 3.82. The molecule has 0 saturated heterocycles. The predicted molar refractivity (Wildman–Crippen MR) is 76.0 cm³/mol. The molecular formula is C14H18ClNO4. The summed E-state index contributed by atoms with van der Waals surface area (Å²) in [6.07, 6.45) is 0. The summed E-state index contributed by atoms with van der Waals surface area (Å²) in [5.74, 6) is -0.307. The number of ether oxygens (including phenoxy) is 2. The average molecular weight is 300 g/mol. The Balaban J connectivity index is 2.61. The molecule has 0 radical (unpaired) electrons. The van der Waals surface area contributed by atoms with E-state index in [9.17, 15) is 9.59 Å². The van der Waals surface area contributed by atoms with E-state index in [2.05, 4.69) is 4.74 Å². The Labute approximate surface area is 123 Å². The van der Waals surface area contributed by atoms with Gasteiger partial charge in [-0.15, -0.1) is 0 Å². The number of hydrogen-bond acceptors (Lipinski definition) is 4. The number of methoxy groups -OCH3 is 1. The molecule has 1 rings (SSSR count). The van der Waals surface area contributed by atoms with Gasteiger partial charge in [0.2, 0.25) is 0 Å². The molecule has 1 aromatic carbocycles. The van der Waals surface area contributed by atoms with Crippen LogP contribution in [0.5, 0.6) is 5.75 Å². The fourth-order valence-electron chi connectivity index (χ4n) is 1.55. The molecule has 0 aliphatic rings. The quantitative estimate of drug-likeness (QED) is 0.754. The second-order valence-corrected chi connectivity index (χ2v) is 4.61. The van der Waals surface area contributed by atoms with Crippen molar-refractivity contribution in [1.82, 2.24) is 4.90 Å². The minimum absolute atomic E-state index is 0.0866. The SMILES string of the molecule is CCN(CC(=O)OC)C(=O)COc1cc(C)ccc1Cl. The van der Waals surface area contributed by atoms with Gasteiger partial charge in [0.1, 0.15) is 12.3 Å². The van der Waals surface area contributed by atoms with E-state index < -0.39 is 5.97 Å². The Hall–Kier alpha value is -1.75. The number of amides is 1. The second kappa shape index (κ2) is 7.75. The van der Waals surface area contributed by atoms with Gasteiger partial charge in [0, 0.05) is 6.54 Å². The van der Waals surface area contributed by atoms with E-state index in [0.29, 0.717) is 17.3 Å². The molecule has 1 amide bonds. The molecule has 0 N–H and O–H groups in total. The highest BCUT2D eigenvalue weighted by molar-refractivity contribution is 6.32. The molecule has 0 saturated carbocycles. The number of benzene rings is 1. The lowest BCUT2D eigenvalue weighted by Crippen LogP contribution is -2.38. The Morgan fingerprint density at radius 1 is 1.35 bits per heavy atom. The number of likely N-dealkylation sites (N-methyl/N-ethyl adjacent to an activating group) is 1. The highest BCUT2D eigenvalue weighted by Gasteiger charge is 2.16. The third kappa shape index (κ3) is 4.74. The van der Waals surface area contributed by atoms with Crippen LogP contribution in [-0.4, -0.2) is 43.6 Å². The number of rotatable bonds is 6.